The van der Waals surface area contributed by atoms with Gasteiger partial charge in [0.1, 0.15) is 0 Å². The molecule has 0 fully saturated rings. The molecule has 0 spiro atoms. The molecule has 0 amide bonds. The average Bonchev–Trinajstić information content (AvgIpc) is 2.36. The summed E-state index contributed by atoms with van der Waals surface area (Å²) in [5.74, 6) is -0.319. The Balaban J connectivity index is 0.00000137. The highest BCUT2D eigenvalue weighted by atomic mass is 16.5. The zero-order valence-electron chi connectivity index (χ0n) is 12.1. The third-order valence-corrected chi connectivity index (χ3v) is 2.51. The zero-order chi connectivity index (χ0) is 14.3. The van der Waals surface area contributed by atoms with Gasteiger partial charge in [0.2, 0.25) is 0 Å². The van der Waals surface area contributed by atoms with Gasteiger partial charge in [0, 0.05) is 18.3 Å². The lowest BCUT2D eigenvalue weighted by Gasteiger charge is -2.22. The van der Waals surface area contributed by atoms with Crippen molar-refractivity contribution in [2.24, 2.45) is 5.41 Å². The molecule has 0 N–H and O–H groups in total. The van der Waals surface area contributed by atoms with Crippen LogP contribution in [0.15, 0.2) is 23.1 Å². The van der Waals surface area contributed by atoms with Crippen LogP contribution in [0.2, 0.25) is 0 Å². The maximum atomic E-state index is 11.8. The van der Waals surface area contributed by atoms with Gasteiger partial charge in [-0.1, -0.05) is 19.9 Å². The minimum Gasteiger partial charge on any atom is -0.469 e. The van der Waals surface area contributed by atoms with Gasteiger partial charge in [-0.05, 0) is 26.8 Å². The number of hydrogen-bond acceptors (Lipinski definition) is 3. The number of aromatic nitrogens is 1. The van der Waals surface area contributed by atoms with Crippen LogP contribution in [0.5, 0.6) is 0 Å². The Morgan fingerprint density at radius 2 is 1.94 bits per heavy atom. The first-order valence-corrected chi connectivity index (χ1v) is 6.13. The van der Waals surface area contributed by atoms with Gasteiger partial charge in [-0.25, -0.2) is 0 Å². The molecule has 1 aromatic heterocycles. The van der Waals surface area contributed by atoms with Gasteiger partial charge in [-0.2, -0.15) is 0 Å². The van der Waals surface area contributed by atoms with Crippen molar-refractivity contribution in [3.05, 3.63) is 34.2 Å². The Hall–Kier alpha value is -1.58. The molecule has 4 nitrogen and oxygen atoms in total. The molecule has 1 aromatic rings. The van der Waals surface area contributed by atoms with Crippen molar-refractivity contribution >= 4 is 5.97 Å². The number of nitrogens with zero attached hydrogens (tertiary/aromatic N) is 1. The lowest BCUT2D eigenvalue weighted by molar-refractivity contribution is -0.151. The van der Waals surface area contributed by atoms with Gasteiger partial charge in [-0.15, -0.1) is 0 Å². The topological polar surface area (TPSA) is 48.3 Å². The fourth-order valence-electron chi connectivity index (χ4n) is 1.55. The van der Waals surface area contributed by atoms with Crippen LogP contribution in [0.1, 0.15) is 33.3 Å². The van der Waals surface area contributed by atoms with Crippen LogP contribution in [0, 0.1) is 12.3 Å². The minimum atomic E-state index is -0.702. The molecule has 0 radical (unpaired) electrons. The van der Waals surface area contributed by atoms with Crippen LogP contribution in [0.3, 0.4) is 0 Å². The maximum Gasteiger partial charge on any atom is 0.313 e. The fourth-order valence-corrected chi connectivity index (χ4v) is 1.55. The number of methoxy groups -OCH3 is 1. The van der Waals surface area contributed by atoms with Crippen LogP contribution in [0.25, 0.3) is 0 Å². The fraction of sp³-hybridized carbons (Fsp3) is 0.571. The molecular weight excluding hydrogens is 230 g/mol. The molecule has 0 aliphatic rings. The van der Waals surface area contributed by atoms with Crippen molar-refractivity contribution in [3.63, 3.8) is 0 Å². The van der Waals surface area contributed by atoms with Crippen LogP contribution >= 0.6 is 0 Å². The molecule has 0 bridgehead atoms. The molecule has 1 rings (SSSR count). The number of pyridine rings is 1. The zero-order valence-corrected chi connectivity index (χ0v) is 12.1. The second-order valence-corrected chi connectivity index (χ2v) is 4.50. The highest BCUT2D eigenvalue weighted by Gasteiger charge is 2.29. The molecule has 0 aliphatic heterocycles. The summed E-state index contributed by atoms with van der Waals surface area (Å²) in [5, 5.41) is 0. The molecule has 0 aliphatic carbocycles. The van der Waals surface area contributed by atoms with E-state index in [1.54, 1.807) is 39.1 Å². The minimum absolute atomic E-state index is 0.0699. The first-order chi connectivity index (χ1) is 8.38. The summed E-state index contributed by atoms with van der Waals surface area (Å²) in [6.45, 7) is 9.59. The number of ether oxygens (including phenoxy) is 1. The molecule has 1 heterocycles. The number of aryl methyl sites for hydroxylation is 1. The molecule has 18 heavy (non-hydrogen) atoms. The summed E-state index contributed by atoms with van der Waals surface area (Å²) in [7, 11) is 1.35. The molecule has 0 aromatic carbocycles. The largest absolute Gasteiger partial charge is 0.469 e. The van der Waals surface area contributed by atoms with E-state index in [2.05, 4.69) is 0 Å². The van der Waals surface area contributed by atoms with E-state index in [9.17, 15) is 9.59 Å². The summed E-state index contributed by atoms with van der Waals surface area (Å²) < 4.78 is 6.24. The number of hydrogen-bond donors (Lipinski definition) is 0. The van der Waals surface area contributed by atoms with Crippen molar-refractivity contribution < 1.29 is 9.53 Å². The average molecular weight is 253 g/mol. The Kier molecular flexibility index (Phi) is 6.37. The summed E-state index contributed by atoms with van der Waals surface area (Å²) in [4.78, 5) is 23.3. The lowest BCUT2D eigenvalue weighted by Crippen LogP contribution is -2.35. The van der Waals surface area contributed by atoms with Crippen LogP contribution in [-0.2, 0) is 16.1 Å². The summed E-state index contributed by atoms with van der Waals surface area (Å²) in [6.07, 6.45) is 1.68. The maximum absolute atomic E-state index is 11.8. The first-order valence-electron chi connectivity index (χ1n) is 6.13. The van der Waals surface area contributed by atoms with Crippen molar-refractivity contribution in [2.45, 2.75) is 41.2 Å². The third-order valence-electron chi connectivity index (χ3n) is 2.51. The summed E-state index contributed by atoms with van der Waals surface area (Å²) in [6, 6.07) is 3.55. The van der Waals surface area contributed by atoms with Gasteiger partial charge in [-0.3, -0.25) is 9.59 Å². The monoisotopic (exact) mass is 253 g/mol. The van der Waals surface area contributed by atoms with Crippen molar-refractivity contribution in [3.8, 4) is 0 Å². The molecule has 102 valence electrons. The van der Waals surface area contributed by atoms with Crippen molar-refractivity contribution in [1.82, 2.24) is 4.57 Å². The van der Waals surface area contributed by atoms with Crippen LogP contribution in [-0.4, -0.2) is 17.6 Å². The van der Waals surface area contributed by atoms with Crippen LogP contribution in [0.4, 0.5) is 0 Å². The van der Waals surface area contributed by atoms with Crippen LogP contribution < -0.4 is 5.56 Å². The summed E-state index contributed by atoms with van der Waals surface area (Å²) >= 11 is 0. The third kappa shape index (κ3) is 4.02. The van der Waals surface area contributed by atoms with Crippen molar-refractivity contribution in [2.75, 3.05) is 7.11 Å². The molecule has 4 heteroatoms. The molecule has 0 unspecified atom stereocenters. The predicted octanol–water partition coefficient (Wildman–Crippen LogP) is 2.38. The Labute approximate surface area is 109 Å². The second-order valence-electron chi connectivity index (χ2n) is 4.50. The predicted molar refractivity (Wildman–Crippen MR) is 72.6 cm³/mol. The first kappa shape index (κ1) is 16.4. The number of esters is 1. The Morgan fingerprint density at radius 3 is 2.44 bits per heavy atom. The van der Waals surface area contributed by atoms with Gasteiger partial charge in [0.25, 0.3) is 5.56 Å². The summed E-state index contributed by atoms with van der Waals surface area (Å²) in [5.41, 5.74) is -0.102. The standard InChI is InChI=1S/C12H17NO3.C2H6/c1-9-6-5-7-13(10(9)14)8-12(2,3)11(15)16-4;1-2/h5-7H,8H2,1-4H3;1-2H3. The highest BCUT2D eigenvalue weighted by molar-refractivity contribution is 5.75. The van der Waals surface area contributed by atoms with Gasteiger partial charge in [0.05, 0.1) is 12.5 Å². The van der Waals surface area contributed by atoms with E-state index >= 15 is 0 Å². The van der Waals surface area contributed by atoms with Crippen molar-refractivity contribution in [1.29, 1.82) is 0 Å². The quantitative estimate of drug-likeness (QED) is 0.777. The lowest BCUT2D eigenvalue weighted by atomic mass is 9.93. The number of rotatable bonds is 3. The van der Waals surface area contributed by atoms with E-state index in [4.69, 9.17) is 4.74 Å². The number of carbonyl (C=O) groups is 1. The smallest absolute Gasteiger partial charge is 0.313 e. The highest BCUT2D eigenvalue weighted by Crippen LogP contribution is 2.18. The van der Waals surface area contributed by atoms with E-state index in [-0.39, 0.29) is 11.5 Å². The normalized spacial score (nSPS) is 10.3. The second kappa shape index (κ2) is 6.99. The van der Waals surface area contributed by atoms with E-state index in [1.165, 1.54) is 11.7 Å². The number of carbonyl (C=O) groups excluding carboxylic acids is 1. The van der Waals surface area contributed by atoms with E-state index in [0.717, 1.165) is 0 Å². The molecule has 0 atom stereocenters. The molecule has 0 saturated heterocycles. The SMILES string of the molecule is CC.COC(=O)C(C)(C)Cn1cccc(C)c1=O. The van der Waals surface area contributed by atoms with Gasteiger partial charge < -0.3 is 9.30 Å². The molecule has 0 saturated carbocycles. The Morgan fingerprint density at radius 1 is 1.39 bits per heavy atom. The molecular formula is C14H23NO3. The van der Waals surface area contributed by atoms with E-state index in [1.807, 2.05) is 13.8 Å². The van der Waals surface area contributed by atoms with Gasteiger partial charge >= 0.3 is 5.97 Å². The Bertz CT molecular complexity index is 447. The van der Waals surface area contributed by atoms with E-state index in [0.29, 0.717) is 12.1 Å². The van der Waals surface area contributed by atoms with Gasteiger partial charge in [0.15, 0.2) is 0 Å². The van der Waals surface area contributed by atoms with E-state index < -0.39 is 5.41 Å².